The average molecular weight is 191 g/mol. The van der Waals surface area contributed by atoms with Crippen molar-refractivity contribution < 1.29 is 15.3 Å². The van der Waals surface area contributed by atoms with Crippen molar-refractivity contribution in [3.63, 3.8) is 0 Å². The van der Waals surface area contributed by atoms with Gasteiger partial charge in [-0.2, -0.15) is 0 Å². The standard InChI is InChI=1S/C9H21NO3/c1-8(3-4-11)10-5-9(2,6-12)7-13/h8,10-13H,3-7H2,1-2H3. The molecule has 0 heterocycles. The maximum absolute atomic E-state index is 8.98. The third-order valence-corrected chi connectivity index (χ3v) is 2.20. The Morgan fingerprint density at radius 2 is 1.77 bits per heavy atom. The van der Waals surface area contributed by atoms with Gasteiger partial charge in [-0.3, -0.25) is 0 Å². The van der Waals surface area contributed by atoms with E-state index in [2.05, 4.69) is 5.32 Å². The molecule has 0 rings (SSSR count). The quantitative estimate of drug-likeness (QED) is 0.431. The van der Waals surface area contributed by atoms with E-state index >= 15 is 0 Å². The molecule has 0 saturated carbocycles. The van der Waals surface area contributed by atoms with Crippen molar-refractivity contribution in [3.8, 4) is 0 Å². The van der Waals surface area contributed by atoms with E-state index < -0.39 is 5.41 Å². The molecule has 0 radical (unpaired) electrons. The van der Waals surface area contributed by atoms with Crippen LogP contribution in [0.2, 0.25) is 0 Å². The zero-order valence-corrected chi connectivity index (χ0v) is 8.45. The normalized spacial score (nSPS) is 14.5. The highest BCUT2D eigenvalue weighted by molar-refractivity contribution is 4.76. The minimum Gasteiger partial charge on any atom is -0.396 e. The third-order valence-electron chi connectivity index (χ3n) is 2.20. The van der Waals surface area contributed by atoms with Crippen molar-refractivity contribution >= 4 is 0 Å². The molecule has 1 atom stereocenters. The van der Waals surface area contributed by atoms with E-state index in [1.807, 2.05) is 13.8 Å². The summed E-state index contributed by atoms with van der Waals surface area (Å²) in [6.07, 6.45) is 0.687. The average Bonchev–Trinajstić information content (AvgIpc) is 2.15. The fraction of sp³-hybridized carbons (Fsp3) is 1.00. The molecular formula is C9H21NO3. The van der Waals surface area contributed by atoms with Crippen LogP contribution in [0.4, 0.5) is 0 Å². The van der Waals surface area contributed by atoms with Gasteiger partial charge in [0.15, 0.2) is 0 Å². The summed E-state index contributed by atoms with van der Waals surface area (Å²) in [6.45, 7) is 4.41. The second-order valence-electron chi connectivity index (χ2n) is 3.92. The van der Waals surface area contributed by atoms with Gasteiger partial charge in [0.05, 0.1) is 13.2 Å². The SMILES string of the molecule is CC(CCO)NCC(C)(CO)CO. The summed E-state index contributed by atoms with van der Waals surface area (Å²) in [5.74, 6) is 0. The summed E-state index contributed by atoms with van der Waals surface area (Å²) < 4.78 is 0. The second kappa shape index (κ2) is 6.32. The van der Waals surface area contributed by atoms with Gasteiger partial charge in [-0.15, -0.1) is 0 Å². The van der Waals surface area contributed by atoms with Crippen LogP contribution in [0.1, 0.15) is 20.3 Å². The van der Waals surface area contributed by atoms with Gasteiger partial charge in [0.25, 0.3) is 0 Å². The molecule has 1 unspecified atom stereocenters. The first-order chi connectivity index (χ1) is 6.08. The molecule has 0 aliphatic heterocycles. The first-order valence-corrected chi connectivity index (χ1v) is 4.64. The lowest BCUT2D eigenvalue weighted by atomic mass is 9.92. The number of hydrogen-bond acceptors (Lipinski definition) is 4. The zero-order chi connectivity index (χ0) is 10.3. The third kappa shape index (κ3) is 5.21. The number of aliphatic hydroxyl groups is 3. The van der Waals surface area contributed by atoms with Crippen LogP contribution in [0.25, 0.3) is 0 Å². The Kier molecular flexibility index (Phi) is 6.24. The molecule has 80 valence electrons. The predicted molar refractivity (Wildman–Crippen MR) is 51.4 cm³/mol. The van der Waals surface area contributed by atoms with Gasteiger partial charge in [0.1, 0.15) is 0 Å². The van der Waals surface area contributed by atoms with Crippen LogP contribution in [0.15, 0.2) is 0 Å². The monoisotopic (exact) mass is 191 g/mol. The Balaban J connectivity index is 3.71. The molecule has 13 heavy (non-hydrogen) atoms. The van der Waals surface area contributed by atoms with E-state index in [1.165, 1.54) is 0 Å². The smallest absolute Gasteiger partial charge is 0.0518 e. The van der Waals surface area contributed by atoms with E-state index in [1.54, 1.807) is 0 Å². The highest BCUT2D eigenvalue weighted by Crippen LogP contribution is 2.12. The molecule has 0 aliphatic carbocycles. The van der Waals surface area contributed by atoms with Crippen LogP contribution in [0.5, 0.6) is 0 Å². The largest absolute Gasteiger partial charge is 0.396 e. The van der Waals surface area contributed by atoms with Gasteiger partial charge in [0, 0.05) is 24.6 Å². The Morgan fingerprint density at radius 1 is 1.23 bits per heavy atom. The molecule has 0 spiro atoms. The summed E-state index contributed by atoms with van der Waals surface area (Å²) in [7, 11) is 0. The fourth-order valence-corrected chi connectivity index (χ4v) is 0.878. The van der Waals surface area contributed by atoms with E-state index in [0.29, 0.717) is 13.0 Å². The summed E-state index contributed by atoms with van der Waals surface area (Å²) in [6, 6.07) is 0.211. The lowest BCUT2D eigenvalue weighted by Gasteiger charge is -2.26. The molecule has 0 aromatic carbocycles. The van der Waals surface area contributed by atoms with Crippen molar-refractivity contribution in [2.75, 3.05) is 26.4 Å². The van der Waals surface area contributed by atoms with Gasteiger partial charge < -0.3 is 20.6 Å². The molecule has 0 bridgehead atoms. The fourth-order valence-electron chi connectivity index (χ4n) is 0.878. The van der Waals surface area contributed by atoms with E-state index in [9.17, 15) is 0 Å². The van der Waals surface area contributed by atoms with E-state index in [-0.39, 0.29) is 25.9 Å². The van der Waals surface area contributed by atoms with E-state index in [0.717, 1.165) is 0 Å². The van der Waals surface area contributed by atoms with Gasteiger partial charge in [-0.05, 0) is 13.3 Å². The maximum atomic E-state index is 8.98. The molecular weight excluding hydrogens is 170 g/mol. The molecule has 0 aromatic heterocycles. The summed E-state index contributed by atoms with van der Waals surface area (Å²) in [5, 5.41) is 29.7. The second-order valence-corrected chi connectivity index (χ2v) is 3.92. The zero-order valence-electron chi connectivity index (χ0n) is 8.45. The van der Waals surface area contributed by atoms with Gasteiger partial charge in [0.2, 0.25) is 0 Å². The van der Waals surface area contributed by atoms with Crippen molar-refractivity contribution in [2.45, 2.75) is 26.3 Å². The number of rotatable bonds is 7. The highest BCUT2D eigenvalue weighted by atomic mass is 16.3. The Hall–Kier alpha value is -0.160. The van der Waals surface area contributed by atoms with Crippen molar-refractivity contribution in [1.29, 1.82) is 0 Å². The topological polar surface area (TPSA) is 72.7 Å². The molecule has 0 fully saturated rings. The lowest BCUT2D eigenvalue weighted by Crippen LogP contribution is -2.41. The summed E-state index contributed by atoms with van der Waals surface area (Å²) in [4.78, 5) is 0. The number of aliphatic hydroxyl groups excluding tert-OH is 3. The minimum atomic E-state index is -0.469. The van der Waals surface area contributed by atoms with Crippen LogP contribution in [0.3, 0.4) is 0 Å². The highest BCUT2D eigenvalue weighted by Gasteiger charge is 2.22. The maximum Gasteiger partial charge on any atom is 0.0518 e. The van der Waals surface area contributed by atoms with Crippen LogP contribution in [0, 0.1) is 5.41 Å². The molecule has 4 nitrogen and oxygen atoms in total. The van der Waals surface area contributed by atoms with Crippen molar-refractivity contribution in [1.82, 2.24) is 5.32 Å². The van der Waals surface area contributed by atoms with Crippen molar-refractivity contribution in [2.24, 2.45) is 5.41 Å². The minimum absolute atomic E-state index is 0.0393. The summed E-state index contributed by atoms with van der Waals surface area (Å²) >= 11 is 0. The van der Waals surface area contributed by atoms with Crippen molar-refractivity contribution in [3.05, 3.63) is 0 Å². The van der Waals surface area contributed by atoms with Crippen LogP contribution < -0.4 is 5.32 Å². The number of hydrogen-bond donors (Lipinski definition) is 4. The molecule has 0 aliphatic rings. The molecule has 0 aromatic rings. The first-order valence-electron chi connectivity index (χ1n) is 4.64. The Bertz CT molecular complexity index is 126. The molecule has 4 N–H and O–H groups in total. The molecule has 4 heteroatoms. The van der Waals surface area contributed by atoms with E-state index in [4.69, 9.17) is 15.3 Å². The number of nitrogens with one attached hydrogen (secondary N) is 1. The predicted octanol–water partition coefficient (Wildman–Crippen LogP) is -0.662. The van der Waals surface area contributed by atoms with Gasteiger partial charge in [-0.1, -0.05) is 6.92 Å². The van der Waals surface area contributed by atoms with Crippen LogP contribution >= 0.6 is 0 Å². The first kappa shape index (κ1) is 12.8. The Labute approximate surface area is 79.6 Å². The molecule has 0 saturated heterocycles. The van der Waals surface area contributed by atoms with Gasteiger partial charge in [-0.25, -0.2) is 0 Å². The van der Waals surface area contributed by atoms with Gasteiger partial charge >= 0.3 is 0 Å². The summed E-state index contributed by atoms with van der Waals surface area (Å²) in [5.41, 5.74) is -0.469. The lowest BCUT2D eigenvalue weighted by molar-refractivity contribution is 0.0670. The van der Waals surface area contributed by atoms with Crippen LogP contribution in [-0.4, -0.2) is 47.7 Å². The molecule has 0 amide bonds. The Morgan fingerprint density at radius 3 is 2.15 bits per heavy atom. The van der Waals surface area contributed by atoms with Crippen LogP contribution in [-0.2, 0) is 0 Å².